The molecule has 0 atom stereocenters. The Balaban J connectivity index is 1.69. The third kappa shape index (κ3) is 4.77. The summed E-state index contributed by atoms with van der Waals surface area (Å²) in [7, 11) is 1.77. The first-order valence-corrected chi connectivity index (χ1v) is 8.62. The van der Waals surface area contributed by atoms with Crippen LogP contribution in [-0.2, 0) is 4.74 Å². The molecule has 0 bridgehead atoms. The zero-order valence-electron chi connectivity index (χ0n) is 13.4. The van der Waals surface area contributed by atoms with Gasteiger partial charge < -0.3 is 4.74 Å². The van der Waals surface area contributed by atoms with Gasteiger partial charge in [-0.2, -0.15) is 0 Å². The van der Waals surface area contributed by atoms with Crippen LogP contribution < -0.4 is 0 Å². The molecular weight excluding hydrogens is 244 g/mol. The molecule has 0 saturated heterocycles. The lowest BCUT2D eigenvalue weighted by Gasteiger charge is -2.36. The molecule has 0 radical (unpaired) electrons. The zero-order chi connectivity index (χ0) is 14.2. The molecule has 0 N–H and O–H groups in total. The average molecular weight is 276 g/mol. The van der Waals surface area contributed by atoms with Crippen molar-refractivity contribution in [3.05, 3.63) is 24.3 Å². The van der Waals surface area contributed by atoms with Crippen molar-refractivity contribution in [3.8, 4) is 0 Å². The summed E-state index contributed by atoms with van der Waals surface area (Å²) in [5.41, 5.74) is 0. The summed E-state index contributed by atoms with van der Waals surface area (Å²) >= 11 is 0. The Bertz CT molecular complexity index is 302. The van der Waals surface area contributed by atoms with E-state index in [4.69, 9.17) is 4.74 Å². The fraction of sp³-hybridized carbons (Fsp3) is 0.789. The van der Waals surface area contributed by atoms with Crippen LogP contribution in [0.25, 0.3) is 0 Å². The lowest BCUT2D eigenvalue weighted by atomic mass is 9.69. The second kappa shape index (κ2) is 8.67. The summed E-state index contributed by atoms with van der Waals surface area (Å²) in [5.74, 6) is 3.75. The van der Waals surface area contributed by atoms with E-state index in [0.717, 1.165) is 30.3 Å². The molecule has 2 fully saturated rings. The van der Waals surface area contributed by atoms with E-state index in [1.807, 2.05) is 0 Å². The Kier molecular flexibility index (Phi) is 6.86. The number of rotatable bonds is 5. The molecular formula is C19H32O. The largest absolute Gasteiger partial charge is 0.381 e. The second-order valence-electron chi connectivity index (χ2n) is 6.76. The van der Waals surface area contributed by atoms with Gasteiger partial charge in [-0.25, -0.2) is 0 Å². The first-order valence-electron chi connectivity index (χ1n) is 8.62. The molecule has 0 amide bonds. The standard InChI is InChI=1S/C19H32O/c1-3-5-16-7-11-18(12-8-16)19-13-9-17(10-14-19)6-4-15-20-2/h3-6,16-19H,7-15H2,1-2H3. The predicted molar refractivity (Wildman–Crippen MR) is 86.7 cm³/mol. The Hall–Kier alpha value is -0.560. The van der Waals surface area contributed by atoms with Crippen LogP contribution in [0.3, 0.4) is 0 Å². The third-order valence-corrected chi connectivity index (χ3v) is 5.44. The van der Waals surface area contributed by atoms with E-state index in [9.17, 15) is 0 Å². The second-order valence-corrected chi connectivity index (χ2v) is 6.76. The molecule has 0 aromatic carbocycles. The Morgan fingerprint density at radius 3 is 1.75 bits per heavy atom. The highest BCUT2D eigenvalue weighted by Crippen LogP contribution is 2.41. The zero-order valence-corrected chi connectivity index (χ0v) is 13.4. The van der Waals surface area contributed by atoms with Gasteiger partial charge >= 0.3 is 0 Å². The monoisotopic (exact) mass is 276 g/mol. The molecule has 0 unspecified atom stereocenters. The van der Waals surface area contributed by atoms with Gasteiger partial charge in [0.2, 0.25) is 0 Å². The predicted octanol–water partition coefficient (Wildman–Crippen LogP) is 5.38. The highest BCUT2D eigenvalue weighted by Gasteiger charge is 2.29. The first-order chi connectivity index (χ1) is 9.83. The summed E-state index contributed by atoms with van der Waals surface area (Å²) in [6.45, 7) is 2.93. The third-order valence-electron chi connectivity index (χ3n) is 5.44. The number of hydrogen-bond acceptors (Lipinski definition) is 1. The van der Waals surface area contributed by atoms with E-state index in [2.05, 4.69) is 31.2 Å². The van der Waals surface area contributed by atoms with Gasteiger partial charge in [0.15, 0.2) is 0 Å². The fourth-order valence-corrected chi connectivity index (χ4v) is 4.23. The van der Waals surface area contributed by atoms with Crippen LogP contribution in [0.15, 0.2) is 24.3 Å². The molecule has 0 aromatic heterocycles. The van der Waals surface area contributed by atoms with Crippen molar-refractivity contribution >= 4 is 0 Å². The summed E-state index contributed by atoms with van der Waals surface area (Å²) in [5, 5.41) is 0. The van der Waals surface area contributed by atoms with Crippen molar-refractivity contribution in [2.75, 3.05) is 13.7 Å². The number of hydrogen-bond donors (Lipinski definition) is 0. The van der Waals surface area contributed by atoms with Crippen molar-refractivity contribution in [2.45, 2.75) is 58.3 Å². The maximum absolute atomic E-state index is 5.09. The number of methoxy groups -OCH3 is 1. The molecule has 0 heterocycles. The molecule has 2 aliphatic rings. The van der Waals surface area contributed by atoms with E-state index >= 15 is 0 Å². The van der Waals surface area contributed by atoms with E-state index < -0.39 is 0 Å². The molecule has 0 aromatic rings. The van der Waals surface area contributed by atoms with Crippen LogP contribution in [0.1, 0.15) is 58.3 Å². The fourth-order valence-electron chi connectivity index (χ4n) is 4.23. The van der Waals surface area contributed by atoms with Crippen molar-refractivity contribution in [2.24, 2.45) is 23.7 Å². The minimum Gasteiger partial charge on any atom is -0.381 e. The number of allylic oxidation sites excluding steroid dienone is 3. The smallest absolute Gasteiger partial charge is 0.0643 e. The molecule has 114 valence electrons. The van der Waals surface area contributed by atoms with Gasteiger partial charge in [0.1, 0.15) is 0 Å². The van der Waals surface area contributed by atoms with E-state index in [-0.39, 0.29) is 0 Å². The van der Waals surface area contributed by atoms with Crippen molar-refractivity contribution < 1.29 is 4.74 Å². The maximum atomic E-state index is 5.09. The van der Waals surface area contributed by atoms with Gasteiger partial charge in [-0.05, 0) is 82.0 Å². The Morgan fingerprint density at radius 2 is 1.30 bits per heavy atom. The summed E-state index contributed by atoms with van der Waals surface area (Å²) in [6.07, 6.45) is 20.8. The SMILES string of the molecule is CC=CC1CCC(C2CCC(C=CCOC)CC2)CC1. The van der Waals surface area contributed by atoms with Crippen LogP contribution >= 0.6 is 0 Å². The molecule has 0 aliphatic heterocycles. The molecule has 1 heteroatoms. The summed E-state index contributed by atoms with van der Waals surface area (Å²) in [6, 6.07) is 0. The van der Waals surface area contributed by atoms with Gasteiger partial charge in [0.25, 0.3) is 0 Å². The van der Waals surface area contributed by atoms with Gasteiger partial charge in [-0.15, -0.1) is 0 Å². The maximum Gasteiger partial charge on any atom is 0.0643 e. The topological polar surface area (TPSA) is 9.23 Å². The Labute approximate surface area is 125 Å². The Morgan fingerprint density at radius 1 is 0.800 bits per heavy atom. The van der Waals surface area contributed by atoms with Gasteiger partial charge in [-0.3, -0.25) is 0 Å². The molecule has 20 heavy (non-hydrogen) atoms. The van der Waals surface area contributed by atoms with Gasteiger partial charge in [-0.1, -0.05) is 24.3 Å². The normalized spacial score (nSPS) is 35.9. The molecule has 0 spiro atoms. The van der Waals surface area contributed by atoms with Crippen LogP contribution in [0.5, 0.6) is 0 Å². The average Bonchev–Trinajstić information content (AvgIpc) is 2.49. The quantitative estimate of drug-likeness (QED) is 0.613. The highest BCUT2D eigenvalue weighted by atomic mass is 16.5. The van der Waals surface area contributed by atoms with Crippen LogP contribution in [0.4, 0.5) is 0 Å². The van der Waals surface area contributed by atoms with Crippen molar-refractivity contribution in [1.29, 1.82) is 0 Å². The van der Waals surface area contributed by atoms with Gasteiger partial charge in [0.05, 0.1) is 6.61 Å². The lowest BCUT2D eigenvalue weighted by Crippen LogP contribution is -2.25. The van der Waals surface area contributed by atoms with E-state index in [0.29, 0.717) is 0 Å². The minimum absolute atomic E-state index is 0.773. The molecule has 1 nitrogen and oxygen atoms in total. The first kappa shape index (κ1) is 15.8. The minimum atomic E-state index is 0.773. The van der Waals surface area contributed by atoms with Crippen LogP contribution in [0, 0.1) is 23.7 Å². The molecule has 2 aliphatic carbocycles. The summed E-state index contributed by atoms with van der Waals surface area (Å²) in [4.78, 5) is 0. The van der Waals surface area contributed by atoms with Crippen molar-refractivity contribution in [3.63, 3.8) is 0 Å². The van der Waals surface area contributed by atoms with E-state index in [1.54, 1.807) is 7.11 Å². The molecule has 2 saturated carbocycles. The van der Waals surface area contributed by atoms with Crippen molar-refractivity contribution in [1.82, 2.24) is 0 Å². The molecule has 2 rings (SSSR count). The van der Waals surface area contributed by atoms with Crippen LogP contribution in [-0.4, -0.2) is 13.7 Å². The van der Waals surface area contributed by atoms with Gasteiger partial charge in [0, 0.05) is 7.11 Å². The highest BCUT2D eigenvalue weighted by molar-refractivity contribution is 4.94. The van der Waals surface area contributed by atoms with E-state index in [1.165, 1.54) is 51.4 Å². The lowest BCUT2D eigenvalue weighted by molar-refractivity contribution is 0.166. The number of ether oxygens (including phenoxy) is 1. The van der Waals surface area contributed by atoms with Crippen LogP contribution in [0.2, 0.25) is 0 Å². The summed E-state index contributed by atoms with van der Waals surface area (Å²) < 4.78 is 5.09.